The van der Waals surface area contributed by atoms with E-state index in [1.54, 1.807) is 22.3 Å². The third-order valence-electron chi connectivity index (χ3n) is 14.8. The Bertz CT molecular complexity index is 1950. The van der Waals surface area contributed by atoms with E-state index in [0.29, 0.717) is 7.25 Å². The van der Waals surface area contributed by atoms with Crippen LogP contribution in [0, 0.1) is 11.8 Å². The monoisotopic (exact) mass is 880 g/mol. The molecule has 0 saturated heterocycles. The van der Waals surface area contributed by atoms with Gasteiger partial charge in [-0.3, -0.25) is 0 Å². The van der Waals surface area contributed by atoms with Crippen molar-refractivity contribution >= 4 is 43.8 Å². The van der Waals surface area contributed by atoms with Crippen molar-refractivity contribution in [1.82, 2.24) is 0 Å². The van der Waals surface area contributed by atoms with Crippen LogP contribution in [0.25, 0.3) is 34.4 Å². The normalized spacial score (nSPS) is 20.0. The van der Waals surface area contributed by atoms with Crippen molar-refractivity contribution < 1.29 is 17.4 Å². The van der Waals surface area contributed by atoms with E-state index >= 15 is 0 Å². The Labute approximate surface area is 355 Å². The Morgan fingerprint density at radius 2 is 0.929 bits per heavy atom. The van der Waals surface area contributed by atoms with Crippen LogP contribution in [0.5, 0.6) is 0 Å². The third kappa shape index (κ3) is 8.40. The zero-order valence-corrected chi connectivity index (χ0v) is 40.4. The summed E-state index contributed by atoms with van der Waals surface area (Å²) in [4.78, 5) is 0. The fraction of sp³-hybridized carbons (Fsp3) is 0.462. The number of halogens is 2. The Kier molecular flexibility index (Phi) is 14.4. The van der Waals surface area contributed by atoms with Crippen molar-refractivity contribution in [2.45, 2.75) is 133 Å². The van der Waals surface area contributed by atoms with E-state index in [4.69, 9.17) is 0 Å². The van der Waals surface area contributed by atoms with E-state index < -0.39 is 17.4 Å². The predicted octanol–water partition coefficient (Wildman–Crippen LogP) is 15.6. The number of benzene rings is 4. The predicted molar refractivity (Wildman–Crippen MR) is 250 cm³/mol. The minimum Gasteiger partial charge on any atom is -0.147 e. The molecule has 4 aliphatic rings. The standard InChI is InChI=1S/2C24H27.C3H7.CH3.2ClH.H2Si.Zr/c2*1-2-18-11-13-21(14-12-18)23-10-6-9-22-16-20(17-24(22)23)15-19-7-4-3-5-8-19;1-3-2;;;;;/h2*6,9-14,16-17,19H,2-5,7-8,15H2,1H3;1,3H2,2H3;1H3;2*1H;1H2;. The molecule has 0 heterocycles. The Morgan fingerprint density at radius 3 is 1.29 bits per heavy atom. The van der Waals surface area contributed by atoms with Gasteiger partial charge in [-0.05, 0) is 0 Å². The van der Waals surface area contributed by atoms with Crippen LogP contribution >= 0.6 is 24.8 Å². The van der Waals surface area contributed by atoms with E-state index in [0.717, 1.165) is 24.7 Å². The molecule has 0 radical (unpaired) electrons. The molecule has 4 aromatic rings. The number of hydrogen-bond acceptors (Lipinski definition) is 0. The average Bonchev–Trinajstić information content (AvgIpc) is 3.78. The van der Waals surface area contributed by atoms with E-state index in [9.17, 15) is 0 Å². The van der Waals surface area contributed by atoms with E-state index in [-0.39, 0.29) is 24.8 Å². The zero-order valence-electron chi connectivity index (χ0n) is 34.9. The maximum atomic E-state index is 2.98. The maximum Gasteiger partial charge on any atom is -0.147 e. The van der Waals surface area contributed by atoms with Gasteiger partial charge >= 0.3 is 333 Å². The number of rotatable bonds is 12. The first-order chi connectivity index (χ1) is 26.3. The summed E-state index contributed by atoms with van der Waals surface area (Å²) in [5.74, 6) is 1.67. The summed E-state index contributed by atoms with van der Waals surface area (Å²) in [7, 11) is 0. The van der Waals surface area contributed by atoms with E-state index in [1.807, 2.05) is 11.1 Å². The summed E-state index contributed by atoms with van der Waals surface area (Å²) >= 11 is -3.91. The summed E-state index contributed by atoms with van der Waals surface area (Å²) in [5.41, 5.74) is 18.7. The molecule has 2 saturated carbocycles. The molecule has 0 aromatic heterocycles. The van der Waals surface area contributed by atoms with Gasteiger partial charge in [0.15, 0.2) is 0 Å². The first-order valence-electron chi connectivity index (χ1n) is 22.2. The van der Waals surface area contributed by atoms with Gasteiger partial charge in [-0.15, -0.1) is 24.8 Å². The van der Waals surface area contributed by atoms with Crippen LogP contribution in [0.15, 0.2) is 96.1 Å². The van der Waals surface area contributed by atoms with Gasteiger partial charge in [-0.25, -0.2) is 0 Å². The number of hydrogen-bond donors (Lipinski definition) is 0. The topological polar surface area (TPSA) is 0 Å². The van der Waals surface area contributed by atoms with Gasteiger partial charge in [0.1, 0.15) is 0 Å². The fourth-order valence-corrected chi connectivity index (χ4v) is 38.1. The molecule has 0 bridgehead atoms. The second kappa shape index (κ2) is 18.5. The second-order valence-electron chi connectivity index (χ2n) is 18.7. The molecule has 0 N–H and O–H groups in total. The number of fused-ring (bicyclic) bond motifs is 2. The fourth-order valence-electron chi connectivity index (χ4n) is 12.3. The molecule has 0 spiro atoms. The van der Waals surface area contributed by atoms with Gasteiger partial charge in [0.2, 0.25) is 0 Å². The SMILES string of the molecule is CC[CH2][Zr]([CH3])(=[SiH2])([CH]1C(CC2CCCCC2)=Cc2c(-c3ccc(CC)cc3)cccc21)[CH]1C(CC2CCCCC2)=Cc2c(-c3ccc(CC)cc3)cccc21.Cl.Cl. The molecule has 4 aliphatic carbocycles. The Balaban J connectivity index is 0.00000266. The molecule has 4 aromatic carbocycles. The first kappa shape index (κ1) is 43.6. The smallest absolute Gasteiger partial charge is 0.147 e. The van der Waals surface area contributed by atoms with Crippen molar-refractivity contribution in [2.24, 2.45) is 11.8 Å². The summed E-state index contributed by atoms with van der Waals surface area (Å²) in [6, 6.07) is 34.0. The van der Waals surface area contributed by atoms with Crippen LogP contribution in [0.2, 0.25) is 8.76 Å². The Morgan fingerprint density at radius 1 is 0.536 bits per heavy atom. The molecule has 2 unspecified atom stereocenters. The van der Waals surface area contributed by atoms with Crippen LogP contribution in [0.3, 0.4) is 0 Å². The van der Waals surface area contributed by atoms with Crippen LogP contribution < -0.4 is 0 Å². The molecular weight excluding hydrogens is 815 g/mol. The zero-order chi connectivity index (χ0) is 37.3. The van der Waals surface area contributed by atoms with Crippen molar-refractivity contribution in [3.63, 3.8) is 0 Å². The summed E-state index contributed by atoms with van der Waals surface area (Å²) in [6.45, 7) is 9.70. The van der Waals surface area contributed by atoms with E-state index in [1.165, 1.54) is 121 Å². The molecule has 56 heavy (non-hydrogen) atoms. The number of aryl methyl sites for hydroxylation is 2. The minimum absolute atomic E-state index is 0. The molecule has 0 nitrogen and oxygen atoms in total. The molecular formula is C52H68Cl2SiZr. The van der Waals surface area contributed by atoms with Crippen molar-refractivity contribution in [2.75, 3.05) is 0 Å². The maximum absolute atomic E-state index is 3.91. The average molecular weight is 883 g/mol. The minimum atomic E-state index is -3.91. The van der Waals surface area contributed by atoms with Gasteiger partial charge < -0.3 is 0 Å². The summed E-state index contributed by atoms with van der Waals surface area (Å²) in [6.07, 6.45) is 25.8. The van der Waals surface area contributed by atoms with E-state index in [2.05, 4.69) is 129 Å². The molecule has 298 valence electrons. The summed E-state index contributed by atoms with van der Waals surface area (Å²) < 4.78 is 5.59. The molecule has 4 heteroatoms. The third-order valence-corrected chi connectivity index (χ3v) is 38.4. The van der Waals surface area contributed by atoms with Gasteiger partial charge in [-0.2, -0.15) is 0 Å². The van der Waals surface area contributed by atoms with Gasteiger partial charge in [0.25, 0.3) is 0 Å². The summed E-state index contributed by atoms with van der Waals surface area (Å²) in [5, 5.41) is 0. The molecule has 0 aliphatic heterocycles. The molecule has 2 fully saturated rings. The molecule has 8 rings (SSSR count). The first-order valence-corrected chi connectivity index (χ1v) is 35.2. The van der Waals surface area contributed by atoms with Crippen LogP contribution in [-0.4, -0.2) is 6.88 Å². The van der Waals surface area contributed by atoms with Crippen molar-refractivity contribution in [3.8, 4) is 22.3 Å². The van der Waals surface area contributed by atoms with Crippen LogP contribution in [0.1, 0.15) is 145 Å². The molecule has 2 atom stereocenters. The van der Waals surface area contributed by atoms with Crippen molar-refractivity contribution in [3.05, 3.63) is 129 Å². The van der Waals surface area contributed by atoms with Gasteiger partial charge in [0.05, 0.1) is 0 Å². The Hall–Kier alpha value is -1.96. The quantitative estimate of drug-likeness (QED) is 0.124. The van der Waals surface area contributed by atoms with Gasteiger partial charge in [-0.1, -0.05) is 0 Å². The second-order valence-corrected chi connectivity index (χ2v) is 47.1. The van der Waals surface area contributed by atoms with Crippen LogP contribution in [0.4, 0.5) is 0 Å². The van der Waals surface area contributed by atoms with Crippen LogP contribution in [-0.2, 0) is 30.2 Å². The van der Waals surface area contributed by atoms with Crippen molar-refractivity contribution in [1.29, 1.82) is 0 Å². The number of allylic oxidation sites excluding steroid dienone is 2. The molecule has 0 amide bonds. The largest absolute Gasteiger partial charge is 0.147 e. The van der Waals surface area contributed by atoms with Gasteiger partial charge in [0, 0.05) is 0 Å².